The number of ketones is 1. The van der Waals surface area contributed by atoms with Crippen molar-refractivity contribution >= 4 is 46.3 Å². The van der Waals surface area contributed by atoms with Crippen molar-refractivity contribution in [2.75, 3.05) is 10.2 Å². The zero-order chi connectivity index (χ0) is 28.5. The first kappa shape index (κ1) is 27.1. The van der Waals surface area contributed by atoms with Gasteiger partial charge < -0.3 is 10.1 Å². The molecule has 0 fully saturated rings. The third-order valence-electron chi connectivity index (χ3n) is 7.68. The van der Waals surface area contributed by atoms with Gasteiger partial charge in [-0.05, 0) is 53.4 Å². The van der Waals surface area contributed by atoms with E-state index in [0.29, 0.717) is 39.9 Å². The van der Waals surface area contributed by atoms with Gasteiger partial charge in [0.2, 0.25) is 5.91 Å². The number of Topliss-reactive ketones (excluding diaryl/α,β-unsaturated/α-hetero) is 1. The molecule has 0 saturated heterocycles. The Morgan fingerprint density at radius 3 is 2.41 bits per heavy atom. The molecule has 5 nitrogen and oxygen atoms in total. The molecule has 1 N–H and O–H groups in total. The minimum atomic E-state index is -0.707. The van der Waals surface area contributed by atoms with Gasteiger partial charge in [-0.1, -0.05) is 89.9 Å². The molecule has 41 heavy (non-hydrogen) atoms. The van der Waals surface area contributed by atoms with Crippen molar-refractivity contribution in [2.24, 2.45) is 0 Å². The molecule has 0 bridgehead atoms. The number of hydrogen-bond acceptors (Lipinski definition) is 4. The maximum Gasteiger partial charge on any atom is 0.224 e. The molecule has 2 aliphatic rings. The largest absolute Gasteiger partial charge is 0.489 e. The first-order valence-electron chi connectivity index (χ1n) is 13.5. The van der Waals surface area contributed by atoms with Crippen molar-refractivity contribution in [1.82, 2.24) is 0 Å². The Morgan fingerprint density at radius 1 is 0.902 bits per heavy atom. The highest BCUT2D eigenvalue weighted by molar-refractivity contribution is 6.35. The number of anilines is 2. The number of nitrogens with zero attached hydrogens (tertiary/aromatic N) is 1. The number of fused-ring (bicyclic) bond motifs is 1. The zero-order valence-corrected chi connectivity index (χ0v) is 24.0. The third kappa shape index (κ3) is 5.35. The number of ether oxygens (including phenoxy) is 1. The van der Waals surface area contributed by atoms with Crippen LogP contribution in [0.15, 0.2) is 108 Å². The van der Waals surface area contributed by atoms with E-state index >= 15 is 0 Å². The van der Waals surface area contributed by atoms with E-state index in [2.05, 4.69) is 5.32 Å². The summed E-state index contributed by atoms with van der Waals surface area (Å²) in [4.78, 5) is 29.1. The summed E-state index contributed by atoms with van der Waals surface area (Å²) in [6, 6.07) is 30.0. The number of allylic oxidation sites excluding steroid dienone is 1. The first-order valence-corrected chi connectivity index (χ1v) is 14.3. The van der Waals surface area contributed by atoms with Crippen LogP contribution in [0, 0.1) is 0 Å². The predicted molar refractivity (Wildman–Crippen MR) is 164 cm³/mol. The molecule has 6 rings (SSSR count). The number of halogens is 2. The fourth-order valence-electron chi connectivity index (χ4n) is 5.86. The van der Waals surface area contributed by atoms with Gasteiger partial charge in [0.1, 0.15) is 12.4 Å². The molecule has 0 spiro atoms. The van der Waals surface area contributed by atoms with Crippen molar-refractivity contribution in [1.29, 1.82) is 0 Å². The van der Waals surface area contributed by atoms with Crippen LogP contribution in [0.25, 0.3) is 0 Å². The molecule has 4 aromatic carbocycles. The van der Waals surface area contributed by atoms with E-state index in [-0.39, 0.29) is 24.0 Å². The lowest BCUT2D eigenvalue weighted by atomic mass is 9.78. The normalized spacial score (nSPS) is 18.2. The number of rotatable bonds is 5. The number of carbonyl (C=O) groups is 2. The molecule has 206 valence electrons. The Kier molecular flexibility index (Phi) is 7.57. The highest BCUT2D eigenvalue weighted by Gasteiger charge is 2.42. The maximum atomic E-state index is 14.2. The van der Waals surface area contributed by atoms with Crippen molar-refractivity contribution in [2.45, 2.75) is 38.3 Å². The Labute approximate surface area is 249 Å². The molecule has 1 unspecified atom stereocenters. The fourth-order valence-corrected chi connectivity index (χ4v) is 6.37. The topological polar surface area (TPSA) is 58.6 Å². The third-order valence-corrected chi connectivity index (χ3v) is 8.24. The molecule has 1 amide bonds. The lowest BCUT2D eigenvalue weighted by Crippen LogP contribution is -2.37. The number of nitrogens with one attached hydrogen (secondary N) is 1. The predicted octanol–water partition coefficient (Wildman–Crippen LogP) is 8.49. The van der Waals surface area contributed by atoms with E-state index in [1.807, 2.05) is 78.9 Å². The number of benzene rings is 4. The van der Waals surface area contributed by atoms with Crippen LogP contribution in [0.3, 0.4) is 0 Å². The van der Waals surface area contributed by atoms with Crippen LogP contribution < -0.4 is 15.0 Å². The van der Waals surface area contributed by atoms with Gasteiger partial charge in [0.15, 0.2) is 5.78 Å². The molecule has 0 saturated carbocycles. The van der Waals surface area contributed by atoms with Gasteiger partial charge in [-0.15, -0.1) is 0 Å². The molecule has 1 aliphatic heterocycles. The van der Waals surface area contributed by atoms with Gasteiger partial charge in [0.25, 0.3) is 0 Å². The van der Waals surface area contributed by atoms with Crippen molar-refractivity contribution < 1.29 is 14.3 Å². The van der Waals surface area contributed by atoms with Crippen LogP contribution in [-0.4, -0.2) is 11.7 Å². The lowest BCUT2D eigenvalue weighted by Gasteiger charge is -2.35. The summed E-state index contributed by atoms with van der Waals surface area (Å²) < 4.78 is 6.26. The van der Waals surface area contributed by atoms with Gasteiger partial charge in [-0.25, -0.2) is 0 Å². The van der Waals surface area contributed by atoms with E-state index in [1.165, 1.54) is 6.92 Å². The van der Waals surface area contributed by atoms with Gasteiger partial charge in [0.05, 0.1) is 17.4 Å². The van der Waals surface area contributed by atoms with Crippen molar-refractivity contribution in [3.63, 3.8) is 0 Å². The molecule has 4 aromatic rings. The molecular formula is C34H28Cl2N2O3. The SMILES string of the molecule is CC(=O)N1c2ccccc2NC2=C(C(=O)C[C@H](c3ccccc3OCc3ccccc3)C2)C1c1ccc(Cl)cc1Cl. The highest BCUT2D eigenvalue weighted by atomic mass is 35.5. The van der Waals surface area contributed by atoms with Crippen LogP contribution in [0.2, 0.25) is 10.0 Å². The Bertz CT molecular complexity index is 1670. The van der Waals surface area contributed by atoms with Crippen LogP contribution >= 0.6 is 23.2 Å². The van der Waals surface area contributed by atoms with Gasteiger partial charge in [-0.2, -0.15) is 0 Å². The summed E-state index contributed by atoms with van der Waals surface area (Å²) in [5, 5.41) is 4.42. The van der Waals surface area contributed by atoms with Crippen LogP contribution in [-0.2, 0) is 16.2 Å². The van der Waals surface area contributed by atoms with E-state index in [9.17, 15) is 9.59 Å². The zero-order valence-electron chi connectivity index (χ0n) is 22.4. The van der Waals surface area contributed by atoms with Gasteiger partial charge >= 0.3 is 0 Å². The summed E-state index contributed by atoms with van der Waals surface area (Å²) in [6.07, 6.45) is 0.838. The van der Waals surface area contributed by atoms with Crippen molar-refractivity contribution in [3.8, 4) is 5.75 Å². The summed E-state index contributed by atoms with van der Waals surface area (Å²) in [7, 11) is 0. The van der Waals surface area contributed by atoms with Gasteiger partial charge in [0, 0.05) is 40.6 Å². The van der Waals surface area contributed by atoms with Crippen molar-refractivity contribution in [3.05, 3.63) is 135 Å². The molecule has 7 heteroatoms. The number of carbonyl (C=O) groups excluding carboxylic acids is 2. The fraction of sp³-hybridized carbons (Fsp3) is 0.176. The number of hydrogen-bond donors (Lipinski definition) is 1. The minimum absolute atomic E-state index is 0.0447. The second-order valence-corrected chi connectivity index (χ2v) is 11.2. The molecule has 0 radical (unpaired) electrons. The average molecular weight is 584 g/mol. The summed E-state index contributed by atoms with van der Waals surface area (Å²) in [5.41, 5.74) is 5.45. The molecule has 1 aliphatic carbocycles. The van der Waals surface area contributed by atoms with E-state index in [0.717, 1.165) is 28.3 Å². The monoisotopic (exact) mass is 582 g/mol. The minimum Gasteiger partial charge on any atom is -0.489 e. The Morgan fingerprint density at radius 2 is 1.63 bits per heavy atom. The molecular weight excluding hydrogens is 555 g/mol. The Hall–Kier alpha value is -4.06. The summed E-state index contributed by atoms with van der Waals surface area (Å²) in [5.74, 6) is 0.406. The smallest absolute Gasteiger partial charge is 0.224 e. The second-order valence-electron chi connectivity index (χ2n) is 10.3. The summed E-state index contributed by atoms with van der Waals surface area (Å²) in [6.45, 7) is 1.94. The molecule has 1 heterocycles. The van der Waals surface area contributed by atoms with Crippen LogP contribution in [0.1, 0.15) is 48.4 Å². The molecule has 2 atom stereocenters. The van der Waals surface area contributed by atoms with E-state index in [1.54, 1.807) is 23.1 Å². The van der Waals surface area contributed by atoms with Gasteiger partial charge in [-0.3, -0.25) is 14.5 Å². The Balaban J connectivity index is 1.44. The number of amides is 1. The van der Waals surface area contributed by atoms with E-state index in [4.69, 9.17) is 27.9 Å². The number of para-hydroxylation sites is 3. The second kappa shape index (κ2) is 11.4. The van der Waals surface area contributed by atoms with E-state index < -0.39 is 6.04 Å². The highest BCUT2D eigenvalue weighted by Crippen LogP contribution is 2.49. The van der Waals surface area contributed by atoms with Crippen LogP contribution in [0.5, 0.6) is 5.75 Å². The summed E-state index contributed by atoms with van der Waals surface area (Å²) >= 11 is 13.0. The maximum absolute atomic E-state index is 14.2. The van der Waals surface area contributed by atoms with Crippen LogP contribution in [0.4, 0.5) is 11.4 Å². The first-order chi connectivity index (χ1) is 19.9. The average Bonchev–Trinajstić information content (AvgIpc) is 3.11. The quantitative estimate of drug-likeness (QED) is 0.256. The lowest BCUT2D eigenvalue weighted by molar-refractivity contribution is -0.117. The standard InChI is InChI=1S/C34H28Cl2N2O3/c1-21(39)38-30-13-7-6-12-28(30)37-29-17-23(18-31(40)33(29)34(38)26-16-15-24(35)19-27(26)36)25-11-5-8-14-32(25)41-20-22-9-3-2-4-10-22/h2-16,19,23,34,37H,17-18,20H2,1H3/t23-,34?/m1/s1. The molecule has 0 aromatic heterocycles.